The molecule has 0 aromatic heterocycles. The van der Waals surface area contributed by atoms with E-state index < -0.39 is 17.7 Å². The Bertz CT molecular complexity index is 598. The van der Waals surface area contributed by atoms with Crippen LogP contribution in [0, 0.1) is 13.8 Å². The number of imide groups is 1. The number of rotatable bonds is 5. The molecule has 0 radical (unpaired) electrons. The molecule has 1 aliphatic rings. The summed E-state index contributed by atoms with van der Waals surface area (Å²) in [5, 5.41) is 12.6. The number of hydrogen-bond donors (Lipinski definition) is 2. The normalized spacial score (nSPS) is 18.3. The molecule has 2 rings (SSSR count). The first kappa shape index (κ1) is 16.3. The number of amides is 3. The summed E-state index contributed by atoms with van der Waals surface area (Å²) in [6, 6.07) is 5.32. The Morgan fingerprint density at radius 3 is 2.59 bits per heavy atom. The van der Waals surface area contributed by atoms with Crippen molar-refractivity contribution in [2.45, 2.75) is 39.3 Å². The van der Waals surface area contributed by atoms with E-state index in [4.69, 9.17) is 4.74 Å². The summed E-state index contributed by atoms with van der Waals surface area (Å²) >= 11 is 0. The maximum atomic E-state index is 12.0. The number of benzene rings is 1. The summed E-state index contributed by atoms with van der Waals surface area (Å²) in [6.07, 6.45) is -0.941. The first-order valence-electron chi connectivity index (χ1n) is 7.23. The zero-order valence-electron chi connectivity index (χ0n) is 13.3. The number of aliphatic hydroxyl groups excluding tert-OH is 1. The van der Waals surface area contributed by atoms with Crippen molar-refractivity contribution in [1.82, 2.24) is 10.2 Å². The van der Waals surface area contributed by atoms with Crippen LogP contribution in [0.5, 0.6) is 5.75 Å². The molecule has 120 valence electrons. The number of hydrogen-bond acceptors (Lipinski definition) is 4. The van der Waals surface area contributed by atoms with E-state index in [1.54, 1.807) is 13.8 Å². The minimum absolute atomic E-state index is 0.0157. The first-order valence-corrected chi connectivity index (χ1v) is 7.23. The number of urea groups is 1. The highest BCUT2D eigenvalue weighted by atomic mass is 16.5. The van der Waals surface area contributed by atoms with Gasteiger partial charge >= 0.3 is 6.03 Å². The Labute approximate surface area is 130 Å². The van der Waals surface area contributed by atoms with Crippen molar-refractivity contribution in [2.75, 3.05) is 13.2 Å². The van der Waals surface area contributed by atoms with Gasteiger partial charge in [-0.05, 0) is 44.9 Å². The van der Waals surface area contributed by atoms with Gasteiger partial charge in [-0.3, -0.25) is 9.69 Å². The molecule has 2 N–H and O–H groups in total. The Kier molecular flexibility index (Phi) is 4.42. The minimum Gasteiger partial charge on any atom is -0.491 e. The number of aliphatic hydroxyl groups is 1. The number of β-amino-alcohol motifs (C(OH)–C–C–N with tert-alkyl or cyclic N) is 1. The Hall–Kier alpha value is -2.08. The predicted molar refractivity (Wildman–Crippen MR) is 81.7 cm³/mol. The van der Waals surface area contributed by atoms with Gasteiger partial charge in [0.15, 0.2) is 0 Å². The number of nitrogens with one attached hydrogen (secondary N) is 1. The van der Waals surface area contributed by atoms with E-state index in [1.807, 2.05) is 32.0 Å². The van der Waals surface area contributed by atoms with Crippen LogP contribution in [0.1, 0.15) is 25.0 Å². The fraction of sp³-hybridized carbons (Fsp3) is 0.500. The Morgan fingerprint density at radius 1 is 1.32 bits per heavy atom. The van der Waals surface area contributed by atoms with Crippen LogP contribution < -0.4 is 10.1 Å². The highest BCUT2D eigenvalue weighted by Crippen LogP contribution is 2.20. The maximum Gasteiger partial charge on any atom is 0.325 e. The molecule has 0 saturated carbocycles. The van der Waals surface area contributed by atoms with Crippen LogP contribution in [0.25, 0.3) is 0 Å². The maximum absolute atomic E-state index is 12.0. The summed E-state index contributed by atoms with van der Waals surface area (Å²) < 4.78 is 5.59. The molecular formula is C16H22N2O4. The molecule has 0 bridgehead atoms. The minimum atomic E-state index is -0.941. The standard InChI is InChI=1S/C16H22N2O4/c1-10-5-6-11(2)13(7-10)22-9-12(19)8-18-14(20)16(3,4)17-15(18)21/h5-7,12,19H,8-9H2,1-4H3,(H,17,21)/t12-/m0/s1. The van der Waals surface area contributed by atoms with E-state index in [1.165, 1.54) is 0 Å². The third-order valence-corrected chi connectivity index (χ3v) is 3.61. The molecular weight excluding hydrogens is 284 g/mol. The molecule has 0 unspecified atom stereocenters. The van der Waals surface area contributed by atoms with Crippen molar-refractivity contribution in [1.29, 1.82) is 0 Å². The molecule has 3 amide bonds. The van der Waals surface area contributed by atoms with Crippen LogP contribution in [-0.2, 0) is 4.79 Å². The van der Waals surface area contributed by atoms with Crippen molar-refractivity contribution < 1.29 is 19.4 Å². The van der Waals surface area contributed by atoms with Gasteiger partial charge in [0, 0.05) is 0 Å². The second-order valence-electron chi connectivity index (χ2n) is 6.20. The van der Waals surface area contributed by atoms with Crippen molar-refractivity contribution in [2.24, 2.45) is 0 Å². The summed E-state index contributed by atoms with van der Waals surface area (Å²) in [7, 11) is 0. The summed E-state index contributed by atoms with van der Waals surface area (Å²) in [4.78, 5) is 24.8. The van der Waals surface area contributed by atoms with Gasteiger partial charge in [0.1, 0.15) is 24.0 Å². The second kappa shape index (κ2) is 5.96. The monoisotopic (exact) mass is 306 g/mol. The third-order valence-electron chi connectivity index (χ3n) is 3.61. The van der Waals surface area contributed by atoms with E-state index in [0.717, 1.165) is 16.0 Å². The molecule has 1 fully saturated rings. The molecule has 6 nitrogen and oxygen atoms in total. The van der Waals surface area contributed by atoms with E-state index in [2.05, 4.69) is 5.32 Å². The largest absolute Gasteiger partial charge is 0.491 e. The smallest absolute Gasteiger partial charge is 0.325 e. The van der Waals surface area contributed by atoms with Crippen LogP contribution in [0.2, 0.25) is 0 Å². The number of carbonyl (C=O) groups excluding carboxylic acids is 2. The van der Waals surface area contributed by atoms with Crippen LogP contribution >= 0.6 is 0 Å². The fourth-order valence-electron chi connectivity index (χ4n) is 2.30. The van der Waals surface area contributed by atoms with Crippen LogP contribution in [0.15, 0.2) is 18.2 Å². The van der Waals surface area contributed by atoms with Crippen molar-refractivity contribution in [3.05, 3.63) is 29.3 Å². The second-order valence-corrected chi connectivity index (χ2v) is 6.20. The average molecular weight is 306 g/mol. The number of aryl methyl sites for hydroxylation is 2. The molecule has 1 aromatic carbocycles. The molecule has 1 aliphatic heterocycles. The quantitative estimate of drug-likeness (QED) is 0.805. The van der Waals surface area contributed by atoms with Gasteiger partial charge in [-0.2, -0.15) is 0 Å². The zero-order valence-corrected chi connectivity index (χ0v) is 13.3. The zero-order chi connectivity index (χ0) is 16.5. The SMILES string of the molecule is Cc1ccc(C)c(OC[C@@H](O)CN2C(=O)NC(C)(C)C2=O)c1. The van der Waals surface area contributed by atoms with Crippen LogP contribution in [-0.4, -0.2) is 46.7 Å². The first-order chi connectivity index (χ1) is 10.2. The van der Waals surface area contributed by atoms with Gasteiger partial charge in [-0.25, -0.2) is 4.79 Å². The Morgan fingerprint density at radius 2 is 2.00 bits per heavy atom. The molecule has 22 heavy (non-hydrogen) atoms. The van der Waals surface area contributed by atoms with E-state index in [-0.39, 0.29) is 19.1 Å². The van der Waals surface area contributed by atoms with Gasteiger partial charge in [0.2, 0.25) is 0 Å². The highest BCUT2D eigenvalue weighted by Gasteiger charge is 2.44. The lowest BCUT2D eigenvalue weighted by atomic mass is 10.1. The van der Waals surface area contributed by atoms with Gasteiger partial charge in [-0.1, -0.05) is 12.1 Å². The fourth-order valence-corrected chi connectivity index (χ4v) is 2.30. The van der Waals surface area contributed by atoms with Crippen molar-refractivity contribution in [3.8, 4) is 5.75 Å². The van der Waals surface area contributed by atoms with Gasteiger partial charge < -0.3 is 15.2 Å². The van der Waals surface area contributed by atoms with Crippen molar-refractivity contribution in [3.63, 3.8) is 0 Å². The topological polar surface area (TPSA) is 78.9 Å². The summed E-state index contributed by atoms with van der Waals surface area (Å²) in [5.41, 5.74) is 1.10. The van der Waals surface area contributed by atoms with Gasteiger partial charge in [0.05, 0.1) is 6.54 Å². The third kappa shape index (κ3) is 3.39. The average Bonchev–Trinajstić information content (AvgIpc) is 2.62. The Balaban J connectivity index is 1.94. The van der Waals surface area contributed by atoms with Gasteiger partial charge in [0.25, 0.3) is 5.91 Å². The molecule has 1 saturated heterocycles. The lowest BCUT2D eigenvalue weighted by Crippen LogP contribution is -2.42. The lowest BCUT2D eigenvalue weighted by Gasteiger charge is -2.20. The van der Waals surface area contributed by atoms with Crippen molar-refractivity contribution >= 4 is 11.9 Å². The number of carbonyl (C=O) groups is 2. The molecule has 6 heteroatoms. The summed E-state index contributed by atoms with van der Waals surface area (Å²) in [6.45, 7) is 7.07. The molecule has 0 aliphatic carbocycles. The van der Waals surface area contributed by atoms with E-state index in [0.29, 0.717) is 5.75 Å². The van der Waals surface area contributed by atoms with Gasteiger partial charge in [-0.15, -0.1) is 0 Å². The number of ether oxygens (including phenoxy) is 1. The number of nitrogens with zero attached hydrogens (tertiary/aromatic N) is 1. The molecule has 1 heterocycles. The van der Waals surface area contributed by atoms with E-state index >= 15 is 0 Å². The highest BCUT2D eigenvalue weighted by molar-refractivity contribution is 6.06. The lowest BCUT2D eigenvalue weighted by molar-refractivity contribution is -0.131. The predicted octanol–water partition coefficient (Wildman–Crippen LogP) is 1.37. The molecule has 1 atom stereocenters. The van der Waals surface area contributed by atoms with Crippen LogP contribution in [0.3, 0.4) is 0 Å². The molecule has 1 aromatic rings. The summed E-state index contributed by atoms with van der Waals surface area (Å²) in [5.74, 6) is 0.347. The molecule has 0 spiro atoms. The van der Waals surface area contributed by atoms with Crippen LogP contribution in [0.4, 0.5) is 4.79 Å². The van der Waals surface area contributed by atoms with E-state index in [9.17, 15) is 14.7 Å².